The summed E-state index contributed by atoms with van der Waals surface area (Å²) in [5.41, 5.74) is 1.53. The number of sulfonamides is 1. The molecule has 1 heterocycles. The van der Waals surface area contributed by atoms with Crippen molar-refractivity contribution in [2.45, 2.75) is 65.0 Å². The average molecular weight is 560 g/mol. The van der Waals surface area contributed by atoms with Crippen molar-refractivity contribution in [1.82, 2.24) is 10.2 Å². The molecule has 214 valence electrons. The van der Waals surface area contributed by atoms with Crippen LogP contribution in [-0.4, -0.2) is 69.8 Å². The molecule has 3 rings (SSSR count). The van der Waals surface area contributed by atoms with Gasteiger partial charge >= 0.3 is 0 Å². The summed E-state index contributed by atoms with van der Waals surface area (Å²) in [6.45, 7) is 7.19. The number of rotatable bonds is 14. The van der Waals surface area contributed by atoms with Crippen LogP contribution < -0.4 is 19.1 Å². The third-order valence-electron chi connectivity index (χ3n) is 6.84. The van der Waals surface area contributed by atoms with E-state index in [0.29, 0.717) is 56.2 Å². The number of carbonyl (C=O) groups excluding carboxylic acids is 2. The highest BCUT2D eigenvalue weighted by Crippen LogP contribution is 2.34. The Hall–Kier alpha value is -3.27. The predicted molar refractivity (Wildman–Crippen MR) is 153 cm³/mol. The molecule has 1 N–H and O–H groups in total. The van der Waals surface area contributed by atoms with Crippen molar-refractivity contribution >= 4 is 27.5 Å². The van der Waals surface area contributed by atoms with Crippen molar-refractivity contribution < 1.29 is 27.5 Å². The zero-order valence-corrected chi connectivity index (χ0v) is 24.2. The largest absolute Gasteiger partial charge is 0.486 e. The first-order valence-electron chi connectivity index (χ1n) is 13.6. The highest BCUT2D eigenvalue weighted by atomic mass is 32.2. The standard InChI is InChI=1S/C29H41N3O6S/c1-5-22(3)30-29(34)25(6-2)31(18-16-23-11-8-7-9-12-23)28(33)13-10-17-32(39(4,35)36)24-14-15-26-27(21-24)38-20-19-37-26/h7-9,11-12,14-15,21-22,25H,5-6,10,13,16-20H2,1-4H3,(H,30,34)/t22-,25-/m1/s1. The summed E-state index contributed by atoms with van der Waals surface area (Å²) in [7, 11) is -3.61. The summed E-state index contributed by atoms with van der Waals surface area (Å²) in [6, 6.07) is 14.3. The number of nitrogens with one attached hydrogen (secondary N) is 1. The van der Waals surface area contributed by atoms with E-state index >= 15 is 0 Å². The first-order chi connectivity index (χ1) is 18.6. The van der Waals surface area contributed by atoms with Crippen LogP contribution in [-0.2, 0) is 26.0 Å². The number of hydrogen-bond donors (Lipinski definition) is 1. The van der Waals surface area contributed by atoms with Gasteiger partial charge in [0.15, 0.2) is 11.5 Å². The zero-order valence-electron chi connectivity index (χ0n) is 23.4. The van der Waals surface area contributed by atoms with Crippen LogP contribution in [0.5, 0.6) is 11.5 Å². The Kier molecular flexibility index (Phi) is 11.0. The molecule has 1 aliphatic rings. The van der Waals surface area contributed by atoms with Gasteiger partial charge in [0.05, 0.1) is 11.9 Å². The first-order valence-corrected chi connectivity index (χ1v) is 15.5. The molecule has 10 heteroatoms. The lowest BCUT2D eigenvalue weighted by atomic mass is 10.1. The molecule has 0 aliphatic carbocycles. The highest BCUT2D eigenvalue weighted by molar-refractivity contribution is 7.92. The van der Waals surface area contributed by atoms with Crippen LogP contribution in [0.1, 0.15) is 52.0 Å². The number of hydrogen-bond acceptors (Lipinski definition) is 6. The lowest BCUT2D eigenvalue weighted by Crippen LogP contribution is -2.51. The number of fused-ring (bicyclic) bond motifs is 1. The third-order valence-corrected chi connectivity index (χ3v) is 8.03. The number of amides is 2. The fourth-order valence-corrected chi connectivity index (χ4v) is 5.49. The maximum absolute atomic E-state index is 13.5. The number of anilines is 1. The van der Waals surface area contributed by atoms with Gasteiger partial charge in [-0.1, -0.05) is 44.2 Å². The summed E-state index contributed by atoms with van der Waals surface area (Å²) < 4.78 is 37.7. The molecule has 0 radical (unpaired) electrons. The van der Waals surface area contributed by atoms with Crippen LogP contribution in [0.3, 0.4) is 0 Å². The van der Waals surface area contributed by atoms with Crippen molar-refractivity contribution in [1.29, 1.82) is 0 Å². The van der Waals surface area contributed by atoms with E-state index in [1.165, 1.54) is 4.31 Å². The van der Waals surface area contributed by atoms with Crippen molar-refractivity contribution in [3.8, 4) is 11.5 Å². The van der Waals surface area contributed by atoms with E-state index in [2.05, 4.69) is 5.32 Å². The fraction of sp³-hybridized carbons (Fsp3) is 0.517. The molecule has 2 amide bonds. The minimum Gasteiger partial charge on any atom is -0.486 e. The molecule has 1 aliphatic heterocycles. The lowest BCUT2D eigenvalue weighted by molar-refractivity contribution is -0.141. The third kappa shape index (κ3) is 8.61. The molecule has 2 aromatic rings. The second-order valence-electron chi connectivity index (χ2n) is 9.83. The highest BCUT2D eigenvalue weighted by Gasteiger charge is 2.29. The van der Waals surface area contributed by atoms with Crippen LogP contribution in [0.4, 0.5) is 5.69 Å². The monoisotopic (exact) mass is 559 g/mol. The number of ether oxygens (including phenoxy) is 2. The molecule has 2 atom stereocenters. The van der Waals surface area contributed by atoms with E-state index < -0.39 is 16.1 Å². The van der Waals surface area contributed by atoms with Crippen LogP contribution >= 0.6 is 0 Å². The van der Waals surface area contributed by atoms with Gasteiger partial charge in [-0.3, -0.25) is 13.9 Å². The average Bonchev–Trinajstić information content (AvgIpc) is 2.92. The Morgan fingerprint density at radius 1 is 0.974 bits per heavy atom. The van der Waals surface area contributed by atoms with Crippen LogP contribution in [0, 0.1) is 0 Å². The first kappa shape index (κ1) is 30.3. The smallest absolute Gasteiger partial charge is 0.243 e. The van der Waals surface area contributed by atoms with Crippen molar-refractivity contribution in [2.24, 2.45) is 0 Å². The van der Waals surface area contributed by atoms with Gasteiger partial charge in [0.2, 0.25) is 21.8 Å². The number of carbonyl (C=O) groups is 2. The summed E-state index contributed by atoms with van der Waals surface area (Å²) in [6.07, 6.45) is 3.44. The summed E-state index contributed by atoms with van der Waals surface area (Å²) in [5, 5.41) is 3.01. The van der Waals surface area contributed by atoms with Crippen molar-refractivity contribution in [3.63, 3.8) is 0 Å². The Morgan fingerprint density at radius 3 is 2.31 bits per heavy atom. The summed E-state index contributed by atoms with van der Waals surface area (Å²) >= 11 is 0. The maximum atomic E-state index is 13.5. The second-order valence-corrected chi connectivity index (χ2v) is 11.7. The van der Waals surface area contributed by atoms with Gasteiger partial charge in [0.25, 0.3) is 0 Å². The molecule has 0 spiro atoms. The van der Waals surface area contributed by atoms with E-state index in [-0.39, 0.29) is 30.8 Å². The van der Waals surface area contributed by atoms with Gasteiger partial charge in [-0.2, -0.15) is 0 Å². The van der Waals surface area contributed by atoms with E-state index in [1.807, 2.05) is 51.1 Å². The Labute approximate surface area is 232 Å². The summed E-state index contributed by atoms with van der Waals surface area (Å²) in [4.78, 5) is 28.3. The normalized spacial score (nSPS) is 14.3. The molecule has 0 saturated heterocycles. The van der Waals surface area contributed by atoms with Gasteiger partial charge in [-0.15, -0.1) is 0 Å². The quantitative estimate of drug-likeness (QED) is 0.378. The molecule has 0 unspecified atom stereocenters. The second kappa shape index (κ2) is 14.2. The maximum Gasteiger partial charge on any atom is 0.243 e. The van der Waals surface area contributed by atoms with Gasteiger partial charge in [0, 0.05) is 31.6 Å². The van der Waals surface area contributed by atoms with Gasteiger partial charge in [-0.25, -0.2) is 8.42 Å². The fourth-order valence-electron chi connectivity index (χ4n) is 4.53. The minimum atomic E-state index is -3.61. The summed E-state index contributed by atoms with van der Waals surface area (Å²) in [5.74, 6) is 0.729. The van der Waals surface area contributed by atoms with Crippen LogP contribution in [0.15, 0.2) is 48.5 Å². The van der Waals surface area contributed by atoms with Crippen molar-refractivity contribution in [2.75, 3.05) is 36.9 Å². The number of benzene rings is 2. The Balaban J connectivity index is 1.73. The molecular weight excluding hydrogens is 518 g/mol. The zero-order chi connectivity index (χ0) is 28.4. The van der Waals surface area contributed by atoms with Gasteiger partial charge in [0.1, 0.15) is 19.3 Å². The molecule has 9 nitrogen and oxygen atoms in total. The topological polar surface area (TPSA) is 105 Å². The van der Waals surface area contributed by atoms with E-state index in [0.717, 1.165) is 18.2 Å². The van der Waals surface area contributed by atoms with E-state index in [4.69, 9.17) is 9.47 Å². The molecule has 39 heavy (non-hydrogen) atoms. The minimum absolute atomic E-state index is 0.00643. The van der Waals surface area contributed by atoms with E-state index in [1.54, 1.807) is 23.1 Å². The number of nitrogens with zero attached hydrogens (tertiary/aromatic N) is 2. The molecule has 0 fully saturated rings. The molecule has 0 bridgehead atoms. The molecule has 0 aromatic heterocycles. The Bertz CT molecular complexity index is 1200. The van der Waals surface area contributed by atoms with E-state index in [9.17, 15) is 18.0 Å². The predicted octanol–water partition coefficient (Wildman–Crippen LogP) is 3.77. The van der Waals surface area contributed by atoms with Gasteiger partial charge in [-0.05, 0) is 50.3 Å². The Morgan fingerprint density at radius 2 is 1.67 bits per heavy atom. The molecular formula is C29H41N3O6S. The SMILES string of the molecule is CC[C@@H](C)NC(=O)[C@@H](CC)N(CCc1ccccc1)C(=O)CCCN(c1ccc2c(c1)OCCO2)S(C)(=O)=O. The molecule has 0 saturated carbocycles. The van der Waals surface area contributed by atoms with Crippen LogP contribution in [0.2, 0.25) is 0 Å². The molecule has 2 aromatic carbocycles. The lowest BCUT2D eigenvalue weighted by Gasteiger charge is -2.32. The van der Waals surface area contributed by atoms with Crippen LogP contribution in [0.25, 0.3) is 0 Å². The van der Waals surface area contributed by atoms with Gasteiger partial charge < -0.3 is 19.7 Å². The van der Waals surface area contributed by atoms with Crippen molar-refractivity contribution in [3.05, 3.63) is 54.1 Å².